The molecule has 0 fully saturated rings. The first kappa shape index (κ1) is 34.8. The summed E-state index contributed by atoms with van der Waals surface area (Å²) in [5.74, 6) is 0.933. The number of hydrogen-bond donors (Lipinski definition) is 0. The number of para-hydroxylation sites is 2. The zero-order valence-electron chi connectivity index (χ0n) is 32.2. The molecule has 0 bridgehead atoms. The molecule has 0 radical (unpaired) electrons. The van der Waals surface area contributed by atoms with Crippen molar-refractivity contribution >= 4 is 17.1 Å². The molecule has 6 heteroatoms. The molecule has 0 unspecified atom stereocenters. The molecule has 2 heterocycles. The summed E-state index contributed by atoms with van der Waals surface area (Å²) >= 11 is 0. The second-order valence-corrected chi connectivity index (χ2v) is 14.9. The van der Waals surface area contributed by atoms with Crippen molar-refractivity contribution in [1.82, 2.24) is 15.0 Å². The van der Waals surface area contributed by atoms with Crippen LogP contribution in [0.15, 0.2) is 188 Å². The lowest BCUT2D eigenvalue weighted by Gasteiger charge is -2.32. The molecule has 0 atom stereocenters. The van der Waals surface area contributed by atoms with Crippen LogP contribution in [0.2, 0.25) is 0 Å². The molecule has 278 valence electrons. The minimum atomic E-state index is -0.389. The van der Waals surface area contributed by atoms with E-state index in [0.717, 1.165) is 72.6 Å². The third kappa shape index (κ3) is 5.44. The fourth-order valence-corrected chi connectivity index (χ4v) is 9.13. The Morgan fingerprint density at radius 3 is 1.28 bits per heavy atom. The Bertz CT molecular complexity index is 3080. The number of nitrogens with zero attached hydrogens (tertiary/aromatic N) is 6. The van der Waals surface area contributed by atoms with Crippen LogP contribution in [0.1, 0.15) is 33.7 Å². The molecule has 0 N–H and O–H groups in total. The van der Waals surface area contributed by atoms with Crippen LogP contribution in [0.3, 0.4) is 0 Å². The van der Waals surface area contributed by atoms with E-state index in [0.29, 0.717) is 39.9 Å². The van der Waals surface area contributed by atoms with Crippen molar-refractivity contribution in [3.8, 4) is 79.7 Å². The van der Waals surface area contributed by atoms with Gasteiger partial charge in [-0.05, 0) is 57.1 Å². The molecule has 1 aliphatic carbocycles. The first-order chi connectivity index (χ1) is 29.7. The summed E-state index contributed by atoms with van der Waals surface area (Å²) in [5, 5.41) is 22.7. The summed E-state index contributed by atoms with van der Waals surface area (Å²) in [6.45, 7) is 0. The first-order valence-corrected chi connectivity index (χ1v) is 19.9. The average Bonchev–Trinajstić information content (AvgIpc) is 3.59. The normalized spacial score (nSPS) is 12.2. The summed E-state index contributed by atoms with van der Waals surface area (Å²) in [5.41, 5.74) is 14.5. The summed E-state index contributed by atoms with van der Waals surface area (Å²) in [7, 11) is 0. The summed E-state index contributed by atoms with van der Waals surface area (Å²) in [6, 6.07) is 68.6. The Kier molecular flexibility index (Phi) is 8.22. The number of nitriles is 2. The molecule has 1 aromatic heterocycles. The van der Waals surface area contributed by atoms with Gasteiger partial charge in [0.15, 0.2) is 17.5 Å². The Labute approximate surface area is 347 Å². The monoisotopic (exact) mass is 764 g/mol. The molecule has 0 saturated heterocycles. The second kappa shape index (κ2) is 14.2. The number of fused-ring (bicyclic) bond motifs is 8. The minimum Gasteiger partial charge on any atom is -0.307 e. The van der Waals surface area contributed by atoms with Gasteiger partial charge in [0.05, 0.1) is 39.8 Å². The minimum absolute atomic E-state index is 0.323. The van der Waals surface area contributed by atoms with E-state index in [4.69, 9.17) is 15.0 Å². The van der Waals surface area contributed by atoms with Gasteiger partial charge in [-0.2, -0.15) is 10.5 Å². The molecule has 9 aromatic rings. The lowest BCUT2D eigenvalue weighted by molar-refractivity contribution is 0.992. The van der Waals surface area contributed by atoms with Crippen LogP contribution in [0.5, 0.6) is 0 Å². The largest absolute Gasteiger partial charge is 0.307 e. The molecular formula is C54H32N6. The highest BCUT2D eigenvalue weighted by molar-refractivity contribution is 6.06. The summed E-state index contributed by atoms with van der Waals surface area (Å²) < 4.78 is 0. The van der Waals surface area contributed by atoms with Gasteiger partial charge in [0.1, 0.15) is 6.07 Å². The van der Waals surface area contributed by atoms with Gasteiger partial charge < -0.3 is 4.90 Å². The van der Waals surface area contributed by atoms with Crippen LogP contribution >= 0.6 is 0 Å². The molecule has 60 heavy (non-hydrogen) atoms. The SMILES string of the molecule is N#Cc1cc(C#N)c(N2c3ccccc3-c3ccccc3-c3ccccc32)c(-c2nc(-c3ccccc3)nc(-c3ccccc3)n2)c1C1c2ccccc2-c2ccccc21. The first-order valence-electron chi connectivity index (χ1n) is 19.9. The van der Waals surface area contributed by atoms with Crippen molar-refractivity contribution < 1.29 is 0 Å². The topological polar surface area (TPSA) is 89.5 Å². The zero-order valence-corrected chi connectivity index (χ0v) is 32.2. The van der Waals surface area contributed by atoms with Crippen molar-refractivity contribution in [3.05, 3.63) is 216 Å². The van der Waals surface area contributed by atoms with E-state index < -0.39 is 0 Å². The maximum Gasteiger partial charge on any atom is 0.166 e. The highest BCUT2D eigenvalue weighted by Crippen LogP contribution is 2.57. The number of hydrogen-bond acceptors (Lipinski definition) is 6. The van der Waals surface area contributed by atoms with Crippen LogP contribution in [-0.4, -0.2) is 15.0 Å². The van der Waals surface area contributed by atoms with Gasteiger partial charge in [-0.15, -0.1) is 0 Å². The van der Waals surface area contributed by atoms with E-state index >= 15 is 0 Å². The highest BCUT2D eigenvalue weighted by Gasteiger charge is 2.38. The number of benzene rings is 8. The fraction of sp³-hybridized carbons (Fsp3) is 0.0185. The Hall–Kier alpha value is -8.45. The number of rotatable bonds is 5. The number of aromatic nitrogens is 3. The van der Waals surface area contributed by atoms with Crippen LogP contribution in [0.4, 0.5) is 17.1 Å². The van der Waals surface area contributed by atoms with Crippen LogP contribution in [-0.2, 0) is 0 Å². The van der Waals surface area contributed by atoms with Crippen molar-refractivity contribution in [2.45, 2.75) is 5.92 Å². The van der Waals surface area contributed by atoms with E-state index in [1.54, 1.807) is 6.07 Å². The van der Waals surface area contributed by atoms with Gasteiger partial charge in [0, 0.05) is 28.2 Å². The predicted molar refractivity (Wildman–Crippen MR) is 238 cm³/mol. The molecule has 11 rings (SSSR count). The highest BCUT2D eigenvalue weighted by atomic mass is 15.2. The van der Waals surface area contributed by atoms with Gasteiger partial charge in [-0.25, -0.2) is 15.0 Å². The van der Waals surface area contributed by atoms with Gasteiger partial charge in [0.2, 0.25) is 0 Å². The van der Waals surface area contributed by atoms with Crippen molar-refractivity contribution in [2.24, 2.45) is 0 Å². The lowest BCUT2D eigenvalue weighted by Crippen LogP contribution is -2.18. The zero-order chi connectivity index (χ0) is 40.2. The van der Waals surface area contributed by atoms with Crippen LogP contribution in [0, 0.1) is 22.7 Å². The average molecular weight is 765 g/mol. The van der Waals surface area contributed by atoms with Crippen LogP contribution < -0.4 is 4.90 Å². The van der Waals surface area contributed by atoms with E-state index in [-0.39, 0.29) is 5.92 Å². The van der Waals surface area contributed by atoms with Gasteiger partial charge in [-0.1, -0.05) is 170 Å². The molecule has 0 spiro atoms. The second-order valence-electron chi connectivity index (χ2n) is 14.9. The molecule has 6 nitrogen and oxygen atoms in total. The molecule has 0 amide bonds. The molecule has 2 aliphatic rings. The Morgan fingerprint density at radius 2 is 0.800 bits per heavy atom. The van der Waals surface area contributed by atoms with E-state index in [1.807, 2.05) is 72.8 Å². The molecule has 0 saturated carbocycles. The lowest BCUT2D eigenvalue weighted by atomic mass is 9.81. The Morgan fingerprint density at radius 1 is 0.400 bits per heavy atom. The van der Waals surface area contributed by atoms with E-state index in [9.17, 15) is 10.5 Å². The third-order valence-electron chi connectivity index (χ3n) is 11.6. The van der Waals surface area contributed by atoms with Crippen molar-refractivity contribution in [3.63, 3.8) is 0 Å². The van der Waals surface area contributed by atoms with Gasteiger partial charge in [0.25, 0.3) is 0 Å². The third-order valence-corrected chi connectivity index (χ3v) is 11.6. The maximum absolute atomic E-state index is 11.4. The number of anilines is 3. The maximum atomic E-state index is 11.4. The Balaban J connectivity index is 1.34. The van der Waals surface area contributed by atoms with Gasteiger partial charge >= 0.3 is 0 Å². The van der Waals surface area contributed by atoms with Crippen molar-refractivity contribution in [2.75, 3.05) is 4.90 Å². The predicted octanol–water partition coefficient (Wildman–Crippen LogP) is 12.9. The van der Waals surface area contributed by atoms with E-state index in [1.165, 1.54) is 0 Å². The smallest absolute Gasteiger partial charge is 0.166 e. The van der Waals surface area contributed by atoms with Crippen molar-refractivity contribution in [1.29, 1.82) is 10.5 Å². The summed E-state index contributed by atoms with van der Waals surface area (Å²) in [6.07, 6.45) is 0. The molecule has 1 aliphatic heterocycles. The van der Waals surface area contributed by atoms with E-state index in [2.05, 4.69) is 126 Å². The fourth-order valence-electron chi connectivity index (χ4n) is 9.13. The summed E-state index contributed by atoms with van der Waals surface area (Å²) in [4.78, 5) is 18.0. The molecule has 8 aromatic carbocycles. The standard InChI is InChI=1S/C54H32N6/c55-32-36-31-37(33-56)51(60-46-29-15-13-25-42(46)38-21-7-8-22-39(38)43-26-14-16-30-47(43)60)50(48(36)49-44-27-11-9-23-40(44)41-24-10-12-28-45(41)49)54-58-52(34-17-3-1-4-18-34)57-53(59-54)35-19-5-2-6-20-35/h1-31,49H. The quantitative estimate of drug-likeness (QED) is 0.173. The molecular weight excluding hydrogens is 733 g/mol. The van der Waals surface area contributed by atoms with Crippen LogP contribution in [0.25, 0.3) is 67.5 Å². The van der Waals surface area contributed by atoms with Gasteiger partial charge in [-0.3, -0.25) is 0 Å².